The molecule has 162 valence electrons. The summed E-state index contributed by atoms with van der Waals surface area (Å²) in [5.41, 5.74) is 1.33. The maximum atomic E-state index is 13.0. The van der Waals surface area contributed by atoms with Crippen LogP contribution in [-0.2, 0) is 4.74 Å². The highest BCUT2D eigenvalue weighted by Gasteiger charge is 2.28. The zero-order valence-corrected chi connectivity index (χ0v) is 17.1. The van der Waals surface area contributed by atoms with Crippen molar-refractivity contribution < 1.29 is 19.2 Å². The van der Waals surface area contributed by atoms with Crippen molar-refractivity contribution in [3.63, 3.8) is 0 Å². The summed E-state index contributed by atoms with van der Waals surface area (Å²) in [5, 5.41) is 11.6. The van der Waals surface area contributed by atoms with Gasteiger partial charge >= 0.3 is 0 Å². The zero-order valence-electron chi connectivity index (χ0n) is 17.1. The van der Waals surface area contributed by atoms with E-state index in [2.05, 4.69) is 0 Å². The number of hydrogen-bond acceptors (Lipinski definition) is 6. The molecule has 0 aromatic heterocycles. The molecule has 2 aliphatic heterocycles. The summed E-state index contributed by atoms with van der Waals surface area (Å²) in [6, 6.07) is 13.7. The van der Waals surface area contributed by atoms with Crippen LogP contribution >= 0.6 is 0 Å². The number of ether oxygens (including phenoxy) is 1. The Kier molecular flexibility index (Phi) is 6.13. The summed E-state index contributed by atoms with van der Waals surface area (Å²) in [6.07, 6.45) is 0. The smallest absolute Gasteiger partial charge is 0.293 e. The molecule has 2 amide bonds. The molecule has 0 N–H and O–H groups in total. The molecule has 2 fully saturated rings. The van der Waals surface area contributed by atoms with Crippen molar-refractivity contribution in [1.82, 2.24) is 9.80 Å². The van der Waals surface area contributed by atoms with Crippen molar-refractivity contribution in [2.75, 3.05) is 57.4 Å². The Morgan fingerprint density at radius 2 is 1.39 bits per heavy atom. The van der Waals surface area contributed by atoms with E-state index in [-0.39, 0.29) is 23.1 Å². The molecule has 0 atom stereocenters. The molecule has 2 aromatic carbocycles. The van der Waals surface area contributed by atoms with Gasteiger partial charge in [0.2, 0.25) is 0 Å². The van der Waals surface area contributed by atoms with Crippen LogP contribution in [0.2, 0.25) is 0 Å². The first-order valence-corrected chi connectivity index (χ1v) is 10.3. The molecule has 2 aromatic rings. The van der Waals surface area contributed by atoms with Crippen LogP contribution in [0.25, 0.3) is 0 Å². The number of amides is 2. The summed E-state index contributed by atoms with van der Waals surface area (Å²) in [4.78, 5) is 42.0. The van der Waals surface area contributed by atoms with Gasteiger partial charge in [0, 0.05) is 56.5 Å². The number of carbonyl (C=O) groups excluding carboxylic acids is 2. The van der Waals surface area contributed by atoms with Gasteiger partial charge < -0.3 is 19.4 Å². The molecule has 0 unspecified atom stereocenters. The Morgan fingerprint density at radius 3 is 1.97 bits per heavy atom. The molecule has 0 spiro atoms. The van der Waals surface area contributed by atoms with Crippen molar-refractivity contribution in [2.45, 2.75) is 0 Å². The number of piperazine rings is 1. The third-order valence-corrected chi connectivity index (χ3v) is 5.65. The van der Waals surface area contributed by atoms with E-state index in [0.717, 1.165) is 0 Å². The van der Waals surface area contributed by atoms with Crippen LogP contribution in [0.15, 0.2) is 48.5 Å². The Labute approximate surface area is 179 Å². The summed E-state index contributed by atoms with van der Waals surface area (Å²) >= 11 is 0. The summed E-state index contributed by atoms with van der Waals surface area (Å²) < 4.78 is 5.32. The lowest BCUT2D eigenvalue weighted by Gasteiger charge is -2.35. The second-order valence-electron chi connectivity index (χ2n) is 7.51. The predicted octanol–water partition coefficient (Wildman–Crippen LogP) is 2.03. The van der Waals surface area contributed by atoms with E-state index in [9.17, 15) is 19.7 Å². The molecule has 31 heavy (non-hydrogen) atoms. The van der Waals surface area contributed by atoms with E-state index < -0.39 is 4.92 Å². The molecular weight excluding hydrogens is 400 g/mol. The average Bonchev–Trinajstić information content (AvgIpc) is 2.84. The summed E-state index contributed by atoms with van der Waals surface area (Å²) in [7, 11) is 0. The normalized spacial score (nSPS) is 16.8. The fourth-order valence-electron chi connectivity index (χ4n) is 3.93. The zero-order chi connectivity index (χ0) is 21.8. The molecule has 9 nitrogen and oxygen atoms in total. The SMILES string of the molecule is O=C(c1ccccc1)N1CCN(C(=O)c2ccc(N3CCOCC3)c([N+](=O)[O-])c2)CC1. The second-order valence-corrected chi connectivity index (χ2v) is 7.51. The van der Waals surface area contributed by atoms with Gasteiger partial charge in [-0.25, -0.2) is 0 Å². The van der Waals surface area contributed by atoms with Crippen LogP contribution < -0.4 is 4.90 Å². The molecule has 2 saturated heterocycles. The lowest BCUT2D eigenvalue weighted by molar-refractivity contribution is -0.384. The van der Waals surface area contributed by atoms with Crippen LogP contribution in [0.1, 0.15) is 20.7 Å². The number of nitro groups is 1. The van der Waals surface area contributed by atoms with Crippen LogP contribution in [0.4, 0.5) is 11.4 Å². The van der Waals surface area contributed by atoms with E-state index in [1.54, 1.807) is 34.1 Å². The van der Waals surface area contributed by atoms with Gasteiger partial charge in [-0.3, -0.25) is 19.7 Å². The number of carbonyl (C=O) groups is 2. The number of hydrogen-bond donors (Lipinski definition) is 0. The van der Waals surface area contributed by atoms with Gasteiger partial charge in [-0.15, -0.1) is 0 Å². The van der Waals surface area contributed by atoms with Crippen molar-refractivity contribution in [2.24, 2.45) is 0 Å². The number of benzene rings is 2. The van der Waals surface area contributed by atoms with Gasteiger partial charge in [-0.05, 0) is 24.3 Å². The molecule has 9 heteroatoms. The Hall–Kier alpha value is -3.46. The van der Waals surface area contributed by atoms with E-state index in [0.29, 0.717) is 63.7 Å². The molecule has 2 aliphatic rings. The van der Waals surface area contributed by atoms with Gasteiger partial charge in [0.15, 0.2) is 0 Å². The lowest BCUT2D eigenvalue weighted by atomic mass is 10.1. The molecule has 0 saturated carbocycles. The number of anilines is 1. The fourth-order valence-corrected chi connectivity index (χ4v) is 3.93. The topological polar surface area (TPSA) is 96.2 Å². The Bertz CT molecular complexity index is 967. The van der Waals surface area contributed by atoms with Crippen molar-refractivity contribution in [3.05, 3.63) is 69.8 Å². The minimum Gasteiger partial charge on any atom is -0.378 e. The molecule has 0 radical (unpaired) electrons. The number of rotatable bonds is 4. The van der Waals surface area contributed by atoms with E-state index in [4.69, 9.17) is 4.74 Å². The monoisotopic (exact) mass is 424 g/mol. The van der Waals surface area contributed by atoms with Crippen molar-refractivity contribution in [1.29, 1.82) is 0 Å². The largest absolute Gasteiger partial charge is 0.378 e. The van der Waals surface area contributed by atoms with Crippen LogP contribution in [-0.4, -0.2) is 79.0 Å². The minimum atomic E-state index is -0.446. The highest BCUT2D eigenvalue weighted by Crippen LogP contribution is 2.30. The lowest BCUT2D eigenvalue weighted by Crippen LogP contribution is -2.50. The molecule has 0 bridgehead atoms. The third-order valence-electron chi connectivity index (χ3n) is 5.65. The van der Waals surface area contributed by atoms with E-state index in [1.165, 1.54) is 6.07 Å². The number of nitrogens with zero attached hydrogens (tertiary/aromatic N) is 4. The number of nitro benzene ring substituents is 1. The van der Waals surface area contributed by atoms with Gasteiger partial charge in [0.25, 0.3) is 17.5 Å². The first-order valence-electron chi connectivity index (χ1n) is 10.3. The average molecular weight is 424 g/mol. The minimum absolute atomic E-state index is 0.0572. The number of morpholine rings is 1. The molecule has 4 rings (SSSR count). The molecule has 2 heterocycles. The van der Waals surface area contributed by atoms with Gasteiger partial charge in [0.05, 0.1) is 18.1 Å². The third kappa shape index (κ3) is 4.51. The first-order chi connectivity index (χ1) is 15.0. The van der Waals surface area contributed by atoms with Gasteiger partial charge in [-0.1, -0.05) is 18.2 Å². The quantitative estimate of drug-likeness (QED) is 0.550. The maximum Gasteiger partial charge on any atom is 0.293 e. The van der Waals surface area contributed by atoms with E-state index in [1.807, 2.05) is 23.1 Å². The highest BCUT2D eigenvalue weighted by molar-refractivity contribution is 5.97. The standard InChI is InChI=1S/C22H24N4O5/c27-21(17-4-2-1-3-5-17)24-8-10-25(11-9-24)22(28)18-6-7-19(20(16-18)26(29)30)23-12-14-31-15-13-23/h1-7,16H,8-15H2. The Morgan fingerprint density at radius 1 is 0.806 bits per heavy atom. The summed E-state index contributed by atoms with van der Waals surface area (Å²) in [6.45, 7) is 3.80. The summed E-state index contributed by atoms with van der Waals surface area (Å²) in [5.74, 6) is -0.318. The van der Waals surface area contributed by atoms with Crippen LogP contribution in [0.5, 0.6) is 0 Å². The van der Waals surface area contributed by atoms with Crippen LogP contribution in [0.3, 0.4) is 0 Å². The second kappa shape index (κ2) is 9.13. The predicted molar refractivity (Wildman–Crippen MR) is 114 cm³/mol. The van der Waals surface area contributed by atoms with E-state index >= 15 is 0 Å². The van der Waals surface area contributed by atoms with Crippen LogP contribution in [0, 0.1) is 10.1 Å². The molecule has 0 aliphatic carbocycles. The van der Waals surface area contributed by atoms with Crippen molar-refractivity contribution >= 4 is 23.2 Å². The fraction of sp³-hybridized carbons (Fsp3) is 0.364. The molecular formula is C22H24N4O5. The first kappa shape index (κ1) is 20.8. The van der Waals surface area contributed by atoms with Crippen molar-refractivity contribution in [3.8, 4) is 0 Å². The highest BCUT2D eigenvalue weighted by atomic mass is 16.6. The Balaban J connectivity index is 1.44. The van der Waals surface area contributed by atoms with Gasteiger partial charge in [-0.2, -0.15) is 0 Å². The van der Waals surface area contributed by atoms with Gasteiger partial charge in [0.1, 0.15) is 5.69 Å². The maximum absolute atomic E-state index is 13.0.